The molecule has 0 amide bonds. The first-order valence-corrected chi connectivity index (χ1v) is 13.1. The lowest BCUT2D eigenvalue weighted by Gasteiger charge is -2.26. The summed E-state index contributed by atoms with van der Waals surface area (Å²) >= 11 is 0. The van der Waals surface area contributed by atoms with E-state index < -0.39 is 17.6 Å². The number of aromatic nitrogens is 2. The van der Waals surface area contributed by atoms with Crippen LogP contribution in [0.2, 0.25) is 0 Å². The van der Waals surface area contributed by atoms with Crippen molar-refractivity contribution in [2.75, 3.05) is 6.54 Å². The molecule has 1 aromatic heterocycles. The lowest BCUT2D eigenvalue weighted by atomic mass is 10.0. The SMILES string of the molecule is CCCCN(Cc1c(F)cccc1C(F)(F)F)Cc1c(-c2ccccc2)nc(-c2ccccc2)n1CCC. The van der Waals surface area contributed by atoms with Gasteiger partial charge in [0.25, 0.3) is 0 Å². The van der Waals surface area contributed by atoms with Crippen molar-refractivity contribution in [2.45, 2.75) is 58.9 Å². The first-order valence-electron chi connectivity index (χ1n) is 13.1. The van der Waals surface area contributed by atoms with Crippen LogP contribution in [0.15, 0.2) is 78.9 Å². The minimum Gasteiger partial charge on any atom is -0.326 e. The fourth-order valence-corrected chi connectivity index (χ4v) is 4.76. The number of imidazole rings is 1. The van der Waals surface area contributed by atoms with Crippen LogP contribution in [0.25, 0.3) is 22.6 Å². The van der Waals surface area contributed by atoms with Gasteiger partial charge in [0.05, 0.1) is 17.0 Å². The average Bonchev–Trinajstić information content (AvgIpc) is 3.26. The summed E-state index contributed by atoms with van der Waals surface area (Å²) in [6.45, 7) is 5.56. The van der Waals surface area contributed by atoms with Crippen LogP contribution in [0.5, 0.6) is 0 Å². The predicted octanol–water partition coefficient (Wildman–Crippen LogP) is 8.59. The second kappa shape index (κ2) is 12.4. The number of hydrogen-bond donors (Lipinski definition) is 0. The summed E-state index contributed by atoms with van der Waals surface area (Å²) in [5, 5.41) is 0. The molecule has 3 nitrogen and oxygen atoms in total. The lowest BCUT2D eigenvalue weighted by molar-refractivity contribution is -0.138. The van der Waals surface area contributed by atoms with Crippen molar-refractivity contribution in [3.05, 3.63) is 102 Å². The second-order valence-corrected chi connectivity index (χ2v) is 9.44. The summed E-state index contributed by atoms with van der Waals surface area (Å²) in [6, 6.07) is 22.9. The van der Waals surface area contributed by atoms with Gasteiger partial charge in [0, 0.05) is 36.3 Å². The molecule has 3 aromatic carbocycles. The molecule has 0 aliphatic rings. The Bertz CT molecular complexity index is 1310. The van der Waals surface area contributed by atoms with E-state index in [0.717, 1.165) is 65.8 Å². The molecular weight excluding hydrogens is 490 g/mol. The number of nitrogens with zero attached hydrogens (tertiary/aromatic N) is 3. The summed E-state index contributed by atoms with van der Waals surface area (Å²) in [5.74, 6) is -0.0183. The summed E-state index contributed by atoms with van der Waals surface area (Å²) in [6.07, 6.45) is -2.12. The molecule has 1 heterocycles. The van der Waals surface area contributed by atoms with Gasteiger partial charge in [0.1, 0.15) is 11.6 Å². The van der Waals surface area contributed by atoms with Crippen LogP contribution in [-0.2, 0) is 25.8 Å². The molecule has 0 saturated carbocycles. The van der Waals surface area contributed by atoms with Gasteiger partial charge in [-0.3, -0.25) is 4.90 Å². The van der Waals surface area contributed by atoms with Crippen molar-refractivity contribution in [1.29, 1.82) is 0 Å². The summed E-state index contributed by atoms with van der Waals surface area (Å²) in [5.41, 5.74) is 2.38. The van der Waals surface area contributed by atoms with Crippen LogP contribution >= 0.6 is 0 Å². The van der Waals surface area contributed by atoms with Crippen LogP contribution in [0.3, 0.4) is 0 Å². The molecule has 0 spiro atoms. The molecule has 0 aliphatic heterocycles. The first-order chi connectivity index (χ1) is 18.3. The van der Waals surface area contributed by atoms with E-state index in [9.17, 15) is 17.6 Å². The largest absolute Gasteiger partial charge is 0.416 e. The molecule has 0 fully saturated rings. The number of benzene rings is 3. The Balaban J connectivity index is 1.83. The Morgan fingerprint density at radius 2 is 1.45 bits per heavy atom. The van der Waals surface area contributed by atoms with Crippen molar-refractivity contribution in [1.82, 2.24) is 14.5 Å². The first kappa shape index (κ1) is 27.6. The van der Waals surface area contributed by atoms with Gasteiger partial charge in [-0.05, 0) is 31.5 Å². The van der Waals surface area contributed by atoms with Crippen LogP contribution in [0.4, 0.5) is 17.6 Å². The molecule has 0 radical (unpaired) electrons. The van der Waals surface area contributed by atoms with E-state index in [1.165, 1.54) is 0 Å². The number of hydrogen-bond acceptors (Lipinski definition) is 2. The Morgan fingerprint density at radius 1 is 0.789 bits per heavy atom. The van der Waals surface area contributed by atoms with Crippen LogP contribution in [-0.4, -0.2) is 21.0 Å². The van der Waals surface area contributed by atoms with Crippen molar-refractivity contribution < 1.29 is 17.6 Å². The molecule has 0 atom stereocenters. The third-order valence-electron chi connectivity index (χ3n) is 6.61. The normalized spacial score (nSPS) is 11.9. The van der Waals surface area contributed by atoms with Crippen LogP contribution in [0, 0.1) is 5.82 Å². The Morgan fingerprint density at radius 3 is 2.05 bits per heavy atom. The quantitative estimate of drug-likeness (QED) is 0.184. The molecule has 0 N–H and O–H groups in total. The fraction of sp³-hybridized carbons (Fsp3) is 0.323. The zero-order chi connectivity index (χ0) is 27.1. The highest BCUT2D eigenvalue weighted by Crippen LogP contribution is 2.35. The van der Waals surface area contributed by atoms with Crippen LogP contribution < -0.4 is 0 Å². The van der Waals surface area contributed by atoms with Gasteiger partial charge in [-0.25, -0.2) is 9.37 Å². The summed E-state index contributed by atoms with van der Waals surface area (Å²) in [7, 11) is 0. The van der Waals surface area contributed by atoms with E-state index in [0.29, 0.717) is 19.6 Å². The van der Waals surface area contributed by atoms with Crippen molar-refractivity contribution in [3.8, 4) is 22.6 Å². The van der Waals surface area contributed by atoms with E-state index in [4.69, 9.17) is 4.98 Å². The Labute approximate surface area is 221 Å². The zero-order valence-corrected chi connectivity index (χ0v) is 21.8. The smallest absolute Gasteiger partial charge is 0.326 e. The third-order valence-corrected chi connectivity index (χ3v) is 6.61. The van der Waals surface area contributed by atoms with Gasteiger partial charge < -0.3 is 4.57 Å². The zero-order valence-electron chi connectivity index (χ0n) is 21.8. The number of alkyl halides is 3. The summed E-state index contributed by atoms with van der Waals surface area (Å²) < 4.78 is 58.4. The molecule has 0 saturated heterocycles. The van der Waals surface area contributed by atoms with Gasteiger partial charge in [0.2, 0.25) is 0 Å². The van der Waals surface area contributed by atoms with Gasteiger partial charge in [0.15, 0.2) is 0 Å². The molecule has 200 valence electrons. The minimum absolute atomic E-state index is 0.145. The molecule has 4 rings (SSSR count). The van der Waals surface area contributed by atoms with Crippen LogP contribution in [0.1, 0.15) is 49.9 Å². The van der Waals surface area contributed by atoms with E-state index in [1.807, 2.05) is 72.5 Å². The maximum atomic E-state index is 14.8. The van der Waals surface area contributed by atoms with Crippen molar-refractivity contribution in [2.24, 2.45) is 0 Å². The van der Waals surface area contributed by atoms with Gasteiger partial charge in [-0.1, -0.05) is 87.0 Å². The molecular formula is C31H33F4N3. The summed E-state index contributed by atoms with van der Waals surface area (Å²) in [4.78, 5) is 6.98. The van der Waals surface area contributed by atoms with Gasteiger partial charge >= 0.3 is 6.18 Å². The minimum atomic E-state index is -4.63. The maximum Gasteiger partial charge on any atom is 0.416 e. The Hall–Kier alpha value is -3.45. The van der Waals surface area contributed by atoms with E-state index in [2.05, 4.69) is 11.5 Å². The van der Waals surface area contributed by atoms with Crippen molar-refractivity contribution in [3.63, 3.8) is 0 Å². The number of halogens is 4. The second-order valence-electron chi connectivity index (χ2n) is 9.44. The topological polar surface area (TPSA) is 21.1 Å². The highest BCUT2D eigenvalue weighted by Gasteiger charge is 2.35. The molecule has 4 aromatic rings. The highest BCUT2D eigenvalue weighted by atomic mass is 19.4. The lowest BCUT2D eigenvalue weighted by Crippen LogP contribution is -2.28. The van der Waals surface area contributed by atoms with Crippen molar-refractivity contribution >= 4 is 0 Å². The fourth-order valence-electron chi connectivity index (χ4n) is 4.76. The molecule has 0 aliphatic carbocycles. The monoisotopic (exact) mass is 523 g/mol. The average molecular weight is 524 g/mol. The number of rotatable bonds is 11. The molecule has 38 heavy (non-hydrogen) atoms. The molecule has 0 bridgehead atoms. The van der Waals surface area contributed by atoms with E-state index in [1.54, 1.807) is 0 Å². The third kappa shape index (κ3) is 6.33. The predicted molar refractivity (Wildman–Crippen MR) is 144 cm³/mol. The molecule has 0 unspecified atom stereocenters. The maximum absolute atomic E-state index is 14.8. The Kier molecular flexibility index (Phi) is 9.00. The van der Waals surface area contributed by atoms with Gasteiger partial charge in [-0.15, -0.1) is 0 Å². The standard InChI is InChI=1S/C31H33F4N3/c1-3-5-20-37(21-25-26(31(33,34)35)17-12-18-27(25)32)22-28-29(23-13-8-6-9-14-23)36-30(38(28)19-4-2)24-15-10-7-11-16-24/h6-18H,3-5,19-22H2,1-2H3. The van der Waals surface area contributed by atoms with E-state index >= 15 is 0 Å². The number of unbranched alkanes of at least 4 members (excludes halogenated alkanes) is 1. The highest BCUT2D eigenvalue weighted by molar-refractivity contribution is 5.68. The van der Waals surface area contributed by atoms with Gasteiger partial charge in [-0.2, -0.15) is 13.2 Å². The molecule has 7 heteroatoms. The van der Waals surface area contributed by atoms with E-state index in [-0.39, 0.29) is 12.1 Å².